The number of rotatable bonds is 6. The van der Waals surface area contributed by atoms with Crippen LogP contribution in [0, 0.1) is 11.3 Å². The minimum absolute atomic E-state index is 0.0170. The smallest absolute Gasteiger partial charge is 0.228 e. The maximum atomic E-state index is 12.1. The van der Waals surface area contributed by atoms with Crippen LogP contribution in [0.25, 0.3) is 0 Å². The number of hydrogen-bond donors (Lipinski definition) is 1. The lowest BCUT2D eigenvalue weighted by molar-refractivity contribution is -0.160. The monoisotopic (exact) mass is 411 g/mol. The van der Waals surface area contributed by atoms with Crippen molar-refractivity contribution in [1.82, 2.24) is 5.32 Å². The minimum atomic E-state index is -1.30. The van der Waals surface area contributed by atoms with Crippen molar-refractivity contribution >= 4 is 43.3 Å². The molecule has 1 heterocycles. The van der Waals surface area contributed by atoms with E-state index in [9.17, 15) is 9.59 Å². The quantitative estimate of drug-likeness (QED) is 0.316. The van der Waals surface area contributed by atoms with Crippen LogP contribution in [0.2, 0.25) is 13.1 Å². The van der Waals surface area contributed by atoms with Crippen molar-refractivity contribution in [2.24, 2.45) is 11.3 Å². The van der Waals surface area contributed by atoms with Crippen LogP contribution in [0.1, 0.15) is 34.1 Å². The number of hydrogen-bond acceptors (Lipinski definition) is 3. The standard InChI is InChI=1S/C14H26INO3Si/c1-13(2,3)14(4,19-20(5)6)11-10(16-12(11)18)7-9(17)8-15/h10-11,20H,7-8H2,1-6H3,(H,16,18)/t10-,11-,14?/m1/s1. The van der Waals surface area contributed by atoms with Gasteiger partial charge in [0.25, 0.3) is 0 Å². The summed E-state index contributed by atoms with van der Waals surface area (Å²) in [5.74, 6) is -0.0358. The topological polar surface area (TPSA) is 55.4 Å². The predicted molar refractivity (Wildman–Crippen MR) is 91.8 cm³/mol. The molecule has 6 heteroatoms. The number of nitrogens with one attached hydrogen (secondary N) is 1. The summed E-state index contributed by atoms with van der Waals surface area (Å²) in [6.07, 6.45) is 0.411. The minimum Gasteiger partial charge on any atom is -0.414 e. The highest BCUT2D eigenvalue weighted by atomic mass is 127. The van der Waals surface area contributed by atoms with Crippen LogP contribution in [-0.2, 0) is 14.0 Å². The molecule has 3 atom stereocenters. The first kappa shape index (κ1) is 18.1. The number of ketones is 1. The Kier molecular flexibility index (Phi) is 5.82. The van der Waals surface area contributed by atoms with Crippen molar-refractivity contribution in [1.29, 1.82) is 0 Å². The van der Waals surface area contributed by atoms with Gasteiger partial charge in [-0.3, -0.25) is 9.59 Å². The van der Waals surface area contributed by atoms with Crippen LogP contribution in [0.4, 0.5) is 0 Å². The molecule has 0 aromatic heterocycles. The van der Waals surface area contributed by atoms with E-state index < -0.39 is 14.6 Å². The van der Waals surface area contributed by atoms with Gasteiger partial charge in [0.15, 0.2) is 9.04 Å². The maximum Gasteiger partial charge on any atom is 0.228 e. The summed E-state index contributed by atoms with van der Waals surface area (Å²) in [6.45, 7) is 12.6. The van der Waals surface area contributed by atoms with Gasteiger partial charge in [-0.05, 0) is 25.4 Å². The molecule has 0 aliphatic carbocycles. The first-order valence-electron chi connectivity index (χ1n) is 7.08. The third-order valence-corrected chi connectivity index (χ3v) is 5.98. The molecule has 20 heavy (non-hydrogen) atoms. The Hall–Kier alpha value is 0.0469. The maximum absolute atomic E-state index is 12.1. The Balaban J connectivity index is 3.00. The van der Waals surface area contributed by atoms with Crippen molar-refractivity contribution < 1.29 is 14.0 Å². The van der Waals surface area contributed by atoms with Crippen LogP contribution < -0.4 is 5.32 Å². The van der Waals surface area contributed by atoms with Gasteiger partial charge in [0, 0.05) is 6.42 Å². The number of halogens is 1. The normalized spacial score (nSPS) is 25.9. The molecule has 0 bridgehead atoms. The highest BCUT2D eigenvalue weighted by molar-refractivity contribution is 14.1. The van der Waals surface area contributed by atoms with E-state index in [0.717, 1.165) is 0 Å². The molecule has 0 saturated carbocycles. The van der Waals surface area contributed by atoms with Gasteiger partial charge in [-0.25, -0.2) is 0 Å². The summed E-state index contributed by atoms with van der Waals surface area (Å²) in [5, 5.41) is 2.88. The summed E-state index contributed by atoms with van der Waals surface area (Å²) in [4.78, 5) is 23.8. The zero-order chi connectivity index (χ0) is 15.7. The van der Waals surface area contributed by atoms with Gasteiger partial charge in [0.2, 0.25) is 5.91 Å². The Morgan fingerprint density at radius 2 is 1.90 bits per heavy atom. The van der Waals surface area contributed by atoms with Crippen LogP contribution in [0.3, 0.4) is 0 Å². The van der Waals surface area contributed by atoms with E-state index in [1.807, 2.05) is 6.92 Å². The first-order valence-corrected chi connectivity index (χ1v) is 11.4. The Bertz CT molecular complexity index is 394. The van der Waals surface area contributed by atoms with E-state index in [4.69, 9.17) is 4.43 Å². The molecule has 1 fully saturated rings. The van der Waals surface area contributed by atoms with E-state index in [0.29, 0.717) is 10.8 Å². The second kappa shape index (κ2) is 6.44. The zero-order valence-electron chi connectivity index (χ0n) is 13.2. The van der Waals surface area contributed by atoms with Crippen molar-refractivity contribution in [2.75, 3.05) is 4.43 Å². The van der Waals surface area contributed by atoms with Crippen LogP contribution in [-0.4, -0.2) is 36.8 Å². The third kappa shape index (κ3) is 3.62. The van der Waals surface area contributed by atoms with Crippen molar-refractivity contribution in [2.45, 2.75) is 58.9 Å². The van der Waals surface area contributed by atoms with E-state index in [1.165, 1.54) is 0 Å². The molecule has 1 rings (SSSR count). The molecule has 1 N–H and O–H groups in total. The molecule has 1 saturated heterocycles. The van der Waals surface area contributed by atoms with Gasteiger partial charge in [-0.1, -0.05) is 43.4 Å². The van der Waals surface area contributed by atoms with Gasteiger partial charge < -0.3 is 9.74 Å². The number of alkyl halides is 1. The summed E-state index contributed by atoms with van der Waals surface area (Å²) in [7, 11) is -1.30. The van der Waals surface area contributed by atoms with Gasteiger partial charge in [0.1, 0.15) is 5.78 Å². The fourth-order valence-electron chi connectivity index (χ4n) is 2.75. The van der Waals surface area contributed by atoms with E-state index >= 15 is 0 Å². The van der Waals surface area contributed by atoms with Crippen molar-refractivity contribution in [3.05, 3.63) is 0 Å². The molecular weight excluding hydrogens is 385 g/mol. The molecule has 1 aliphatic heterocycles. The molecule has 0 aromatic carbocycles. The fourth-order valence-corrected chi connectivity index (χ4v) is 4.54. The number of carbonyl (C=O) groups excluding carboxylic acids is 2. The van der Waals surface area contributed by atoms with Gasteiger partial charge in [-0.15, -0.1) is 0 Å². The van der Waals surface area contributed by atoms with Gasteiger partial charge in [-0.2, -0.15) is 0 Å². The average molecular weight is 411 g/mol. The van der Waals surface area contributed by atoms with Crippen LogP contribution in [0.15, 0.2) is 0 Å². The lowest BCUT2D eigenvalue weighted by Crippen LogP contribution is -2.70. The fraction of sp³-hybridized carbons (Fsp3) is 0.857. The summed E-state index contributed by atoms with van der Waals surface area (Å²) >= 11 is 2.07. The number of β-lactam (4-membered cyclic amide) rings is 1. The number of amides is 1. The summed E-state index contributed by atoms with van der Waals surface area (Å²) in [5.41, 5.74) is -0.676. The Morgan fingerprint density at radius 1 is 1.35 bits per heavy atom. The molecule has 4 nitrogen and oxygen atoms in total. The summed E-state index contributed by atoms with van der Waals surface area (Å²) in [6, 6.07) is -0.0817. The Labute approximate surface area is 137 Å². The third-order valence-electron chi connectivity index (χ3n) is 4.17. The second-order valence-electron chi connectivity index (χ2n) is 6.99. The molecule has 1 aliphatic rings. The number of carbonyl (C=O) groups is 2. The van der Waals surface area contributed by atoms with E-state index in [-0.39, 0.29) is 29.1 Å². The molecule has 0 spiro atoms. The van der Waals surface area contributed by atoms with Crippen LogP contribution >= 0.6 is 22.6 Å². The highest BCUT2D eigenvalue weighted by Gasteiger charge is 2.57. The first-order chi connectivity index (χ1) is 9.02. The average Bonchev–Trinajstić information content (AvgIpc) is 2.24. The molecule has 0 aromatic rings. The Morgan fingerprint density at radius 3 is 2.25 bits per heavy atom. The highest BCUT2D eigenvalue weighted by Crippen LogP contribution is 2.45. The second-order valence-corrected chi connectivity index (χ2v) is 10.1. The van der Waals surface area contributed by atoms with Gasteiger partial charge >= 0.3 is 0 Å². The number of Topliss-reactive ketones (excluding diaryl/α,β-unsaturated/α-hetero) is 1. The van der Waals surface area contributed by atoms with Gasteiger partial charge in [0.05, 0.1) is 22.0 Å². The van der Waals surface area contributed by atoms with E-state index in [1.54, 1.807) is 0 Å². The zero-order valence-corrected chi connectivity index (χ0v) is 16.6. The molecule has 116 valence electrons. The van der Waals surface area contributed by atoms with Crippen LogP contribution in [0.5, 0.6) is 0 Å². The van der Waals surface area contributed by atoms with E-state index in [2.05, 4.69) is 61.8 Å². The lowest BCUT2D eigenvalue weighted by atomic mass is 9.64. The molecule has 0 radical (unpaired) electrons. The molecule has 1 amide bonds. The SMILES string of the molecule is C[SiH](C)OC(C)([C@H]1C(=O)N[C@@H]1CC(=O)CI)C(C)(C)C. The summed E-state index contributed by atoms with van der Waals surface area (Å²) < 4.78 is 6.78. The van der Waals surface area contributed by atoms with Crippen molar-refractivity contribution in [3.8, 4) is 0 Å². The lowest BCUT2D eigenvalue weighted by Gasteiger charge is -2.54. The molecular formula is C14H26INO3Si. The largest absolute Gasteiger partial charge is 0.414 e. The van der Waals surface area contributed by atoms with Crippen molar-refractivity contribution in [3.63, 3.8) is 0 Å². The molecule has 1 unspecified atom stereocenters. The predicted octanol–water partition coefficient (Wildman–Crippen LogP) is 2.30.